The highest BCUT2D eigenvalue weighted by Crippen LogP contribution is 2.36. The molecule has 2 bridgehead atoms. The largest absolute Gasteiger partial charge is 0.337 e. The molecule has 2 aliphatic heterocycles. The van der Waals surface area contributed by atoms with Gasteiger partial charge in [0.15, 0.2) is 0 Å². The number of amides is 1. The maximum atomic E-state index is 11.4. The van der Waals surface area contributed by atoms with E-state index in [9.17, 15) is 4.79 Å². The molecule has 2 nitrogen and oxygen atoms in total. The highest BCUT2D eigenvalue weighted by Gasteiger charge is 2.38. The normalized spacial score (nSPS) is 38.9. The summed E-state index contributed by atoms with van der Waals surface area (Å²) in [5, 5.41) is 0. The average Bonchev–Trinajstić information content (AvgIpc) is 2.01. The summed E-state index contributed by atoms with van der Waals surface area (Å²) in [7, 11) is 0. The molecule has 0 aromatic heterocycles. The Morgan fingerprint density at radius 1 is 1.31 bits per heavy atom. The molecule has 2 rings (SSSR count). The summed E-state index contributed by atoms with van der Waals surface area (Å²) in [4.78, 5) is 13.6. The Morgan fingerprint density at radius 2 is 1.85 bits per heavy atom. The van der Waals surface area contributed by atoms with Gasteiger partial charge in [0.2, 0.25) is 5.91 Å². The molecule has 0 aliphatic carbocycles. The van der Waals surface area contributed by atoms with Gasteiger partial charge in [0.1, 0.15) is 0 Å². The second-order valence-electron chi connectivity index (χ2n) is 4.23. The summed E-state index contributed by atoms with van der Waals surface area (Å²) < 4.78 is 0.795. The number of alkyl halides is 1. The van der Waals surface area contributed by atoms with Gasteiger partial charge in [-0.05, 0) is 32.1 Å². The molecule has 0 spiro atoms. The summed E-state index contributed by atoms with van der Waals surface area (Å²) in [6.07, 6.45) is 6.22. The Bertz CT molecular complexity index is 205. The molecule has 2 saturated heterocycles. The molecule has 2 fully saturated rings. The third kappa shape index (κ3) is 1.85. The maximum absolute atomic E-state index is 11.4. The first kappa shape index (κ1) is 9.74. The SMILES string of the molecule is CC(=O)N1C2CCCC1CC(I)C2. The Balaban J connectivity index is 2.14. The van der Waals surface area contributed by atoms with E-state index in [0.29, 0.717) is 12.1 Å². The molecule has 0 N–H and O–H groups in total. The van der Waals surface area contributed by atoms with Gasteiger partial charge in [-0.15, -0.1) is 0 Å². The first-order valence-corrected chi connectivity index (χ1v) is 6.36. The van der Waals surface area contributed by atoms with Crippen LogP contribution in [0.1, 0.15) is 39.0 Å². The van der Waals surface area contributed by atoms with Crippen LogP contribution in [0.25, 0.3) is 0 Å². The second kappa shape index (κ2) is 3.75. The molecular weight excluding hydrogens is 277 g/mol. The fourth-order valence-electron chi connectivity index (χ4n) is 2.83. The summed E-state index contributed by atoms with van der Waals surface area (Å²) in [5.74, 6) is 0.290. The zero-order valence-electron chi connectivity index (χ0n) is 8.00. The van der Waals surface area contributed by atoms with Crippen molar-refractivity contribution in [3.63, 3.8) is 0 Å². The maximum Gasteiger partial charge on any atom is 0.219 e. The summed E-state index contributed by atoms with van der Waals surface area (Å²) in [5.41, 5.74) is 0. The van der Waals surface area contributed by atoms with Crippen LogP contribution in [0, 0.1) is 0 Å². The van der Waals surface area contributed by atoms with Crippen LogP contribution < -0.4 is 0 Å². The van der Waals surface area contributed by atoms with Crippen molar-refractivity contribution in [2.45, 2.75) is 55.0 Å². The minimum atomic E-state index is 0.290. The summed E-state index contributed by atoms with van der Waals surface area (Å²) in [6.45, 7) is 1.72. The number of carbonyl (C=O) groups is 1. The fraction of sp³-hybridized carbons (Fsp3) is 0.900. The predicted octanol–water partition coefficient (Wildman–Crippen LogP) is 2.35. The Hall–Kier alpha value is 0.200. The van der Waals surface area contributed by atoms with E-state index in [-0.39, 0.29) is 5.91 Å². The van der Waals surface area contributed by atoms with E-state index in [1.165, 1.54) is 32.1 Å². The highest BCUT2D eigenvalue weighted by molar-refractivity contribution is 14.1. The highest BCUT2D eigenvalue weighted by atomic mass is 127. The van der Waals surface area contributed by atoms with Crippen LogP contribution >= 0.6 is 22.6 Å². The molecule has 2 unspecified atom stereocenters. The van der Waals surface area contributed by atoms with E-state index in [4.69, 9.17) is 0 Å². The molecule has 3 heteroatoms. The van der Waals surface area contributed by atoms with Crippen molar-refractivity contribution in [3.05, 3.63) is 0 Å². The molecule has 0 aromatic rings. The van der Waals surface area contributed by atoms with Crippen LogP contribution in [-0.2, 0) is 4.79 Å². The first-order chi connectivity index (χ1) is 6.18. The average molecular weight is 293 g/mol. The van der Waals surface area contributed by atoms with Gasteiger partial charge in [-0.3, -0.25) is 4.79 Å². The van der Waals surface area contributed by atoms with Gasteiger partial charge in [0.25, 0.3) is 0 Å². The lowest BCUT2D eigenvalue weighted by molar-refractivity contribution is -0.137. The number of carbonyl (C=O) groups excluding carboxylic acids is 1. The summed E-state index contributed by atoms with van der Waals surface area (Å²) >= 11 is 2.54. The van der Waals surface area contributed by atoms with Crippen molar-refractivity contribution in [2.24, 2.45) is 0 Å². The van der Waals surface area contributed by atoms with Gasteiger partial charge in [0, 0.05) is 22.9 Å². The van der Waals surface area contributed by atoms with Crippen LogP contribution in [0.5, 0.6) is 0 Å². The molecule has 2 atom stereocenters. The van der Waals surface area contributed by atoms with Gasteiger partial charge in [-0.1, -0.05) is 22.6 Å². The molecule has 0 saturated carbocycles. The molecule has 13 heavy (non-hydrogen) atoms. The van der Waals surface area contributed by atoms with E-state index in [1.807, 2.05) is 0 Å². The zero-order valence-corrected chi connectivity index (χ0v) is 10.2. The Morgan fingerprint density at radius 3 is 2.31 bits per heavy atom. The monoisotopic (exact) mass is 293 g/mol. The van der Waals surface area contributed by atoms with Gasteiger partial charge in [-0.25, -0.2) is 0 Å². The fourth-order valence-corrected chi connectivity index (χ4v) is 4.00. The van der Waals surface area contributed by atoms with E-state index >= 15 is 0 Å². The van der Waals surface area contributed by atoms with Gasteiger partial charge >= 0.3 is 0 Å². The molecule has 1 amide bonds. The van der Waals surface area contributed by atoms with Gasteiger partial charge in [-0.2, -0.15) is 0 Å². The third-order valence-corrected chi connectivity index (χ3v) is 4.30. The molecule has 0 aromatic carbocycles. The molecular formula is C10H16INO. The van der Waals surface area contributed by atoms with Crippen LogP contribution in [-0.4, -0.2) is 26.8 Å². The van der Waals surface area contributed by atoms with Crippen LogP contribution in [0.15, 0.2) is 0 Å². The number of hydrogen-bond donors (Lipinski definition) is 0. The minimum Gasteiger partial charge on any atom is -0.337 e. The van der Waals surface area contributed by atoms with Crippen LogP contribution in [0.2, 0.25) is 0 Å². The van der Waals surface area contributed by atoms with Crippen molar-refractivity contribution >= 4 is 28.5 Å². The van der Waals surface area contributed by atoms with E-state index < -0.39 is 0 Å². The van der Waals surface area contributed by atoms with Crippen molar-refractivity contribution < 1.29 is 4.79 Å². The van der Waals surface area contributed by atoms with Crippen molar-refractivity contribution in [1.82, 2.24) is 4.90 Å². The number of rotatable bonds is 0. The molecule has 74 valence electrons. The number of halogens is 1. The molecule has 2 heterocycles. The summed E-state index contributed by atoms with van der Waals surface area (Å²) in [6, 6.07) is 1.12. The zero-order chi connectivity index (χ0) is 9.42. The van der Waals surface area contributed by atoms with Crippen molar-refractivity contribution in [1.29, 1.82) is 0 Å². The lowest BCUT2D eigenvalue weighted by Crippen LogP contribution is -2.54. The topological polar surface area (TPSA) is 20.3 Å². The minimum absolute atomic E-state index is 0.290. The van der Waals surface area contributed by atoms with Gasteiger partial charge < -0.3 is 4.90 Å². The number of piperidine rings is 2. The Kier molecular flexibility index (Phi) is 2.81. The van der Waals surface area contributed by atoms with Crippen LogP contribution in [0.3, 0.4) is 0 Å². The standard InChI is InChI=1S/C10H16INO/c1-7(13)12-9-3-2-4-10(12)6-8(11)5-9/h8-10H,2-6H2,1H3. The van der Waals surface area contributed by atoms with Crippen LogP contribution in [0.4, 0.5) is 0 Å². The number of hydrogen-bond acceptors (Lipinski definition) is 1. The van der Waals surface area contributed by atoms with E-state index in [2.05, 4.69) is 27.5 Å². The number of fused-ring (bicyclic) bond motifs is 2. The molecule has 0 radical (unpaired) electrons. The van der Waals surface area contributed by atoms with E-state index in [0.717, 1.165) is 3.92 Å². The number of nitrogens with zero attached hydrogens (tertiary/aromatic N) is 1. The van der Waals surface area contributed by atoms with Crippen molar-refractivity contribution in [2.75, 3.05) is 0 Å². The predicted molar refractivity (Wildman–Crippen MR) is 61.0 cm³/mol. The second-order valence-corrected chi connectivity index (χ2v) is 6.00. The van der Waals surface area contributed by atoms with Crippen molar-refractivity contribution in [3.8, 4) is 0 Å². The Labute approximate surface area is 93.2 Å². The van der Waals surface area contributed by atoms with E-state index in [1.54, 1.807) is 6.92 Å². The quantitative estimate of drug-likeness (QED) is 0.496. The van der Waals surface area contributed by atoms with Gasteiger partial charge in [0.05, 0.1) is 0 Å². The third-order valence-electron chi connectivity index (χ3n) is 3.28. The lowest BCUT2D eigenvalue weighted by atomic mass is 9.84. The lowest BCUT2D eigenvalue weighted by Gasteiger charge is -2.47. The first-order valence-electron chi connectivity index (χ1n) is 5.11. The molecule has 2 aliphatic rings. The smallest absolute Gasteiger partial charge is 0.219 e.